The number of para-hydroxylation sites is 2. The Morgan fingerprint density at radius 2 is 0.787 bits per heavy atom. The summed E-state index contributed by atoms with van der Waals surface area (Å²) in [5.41, 5.74) is 24.2. The Balaban J connectivity index is 0.857. The predicted octanol–water partition coefficient (Wildman–Crippen LogP) is 21.4. The first kappa shape index (κ1) is 66.4. The molecule has 0 atom stereocenters. The number of aryl methyl sites for hydroxylation is 3. The number of aromatic nitrogens is 2. The van der Waals surface area contributed by atoms with Crippen LogP contribution in [0.4, 0.5) is 44.4 Å². The number of benzene rings is 9. The van der Waals surface area contributed by atoms with E-state index in [0.717, 1.165) is 111 Å². The summed E-state index contributed by atoms with van der Waals surface area (Å²) in [4.78, 5) is 28.0. The minimum absolute atomic E-state index is 0.741. The molecule has 0 saturated heterocycles. The average Bonchev–Trinajstić information content (AvgIpc) is 1.53. The first-order valence-corrected chi connectivity index (χ1v) is 35.7. The summed E-state index contributed by atoms with van der Waals surface area (Å²) in [6, 6.07) is 81.2. The van der Waals surface area contributed by atoms with Crippen LogP contribution in [0.1, 0.15) is 110 Å². The first-order valence-electron chi connectivity index (χ1n) is 34.1. The van der Waals surface area contributed by atoms with Crippen molar-refractivity contribution in [1.29, 1.82) is 0 Å². The van der Waals surface area contributed by atoms with E-state index in [1.165, 1.54) is 105 Å². The fraction of sp³-hybridized carbons (Fsp3) is 0.274. The highest BCUT2D eigenvalue weighted by atomic mass is 32.1. The minimum Gasteiger partial charge on any atom is -0.372 e. The van der Waals surface area contributed by atoms with Gasteiger partial charge in [0.05, 0.1) is 33.9 Å². The normalized spacial score (nSPS) is 11.2. The monoisotopic (exact) mass is 1280 g/mol. The molecule has 0 saturated carbocycles. The van der Waals surface area contributed by atoms with Crippen LogP contribution in [0.25, 0.3) is 33.6 Å². The second-order valence-corrected chi connectivity index (χ2v) is 26.5. The SMILES string of the molecule is CCN(CC)c1ccc(Cc2ccc(N(CC)Cc3ccc(CN(CC)c4ccc([C+](Cc5sc(N(CC)c6ccccc6C)nc5-c5ccccc5)c5ccc(N(CC)CC)cc5)cc4)cc3)cc2-c2ccccc2-c2nc(N(CC)c3ccccc3C)sc2C)cc1. The molecule has 9 aromatic carbocycles. The summed E-state index contributed by atoms with van der Waals surface area (Å²) in [7, 11) is 0. The van der Waals surface area contributed by atoms with Crippen LogP contribution in [-0.4, -0.2) is 62.3 Å². The van der Waals surface area contributed by atoms with Crippen LogP contribution < -0.4 is 29.4 Å². The van der Waals surface area contributed by atoms with Crippen molar-refractivity contribution < 1.29 is 0 Å². The molecular weight excluding hydrogens is 1190 g/mol. The third-order valence-corrected chi connectivity index (χ3v) is 20.7. The lowest BCUT2D eigenvalue weighted by Gasteiger charge is -2.26. The molecule has 0 fully saturated rings. The molecule has 10 heteroatoms. The maximum absolute atomic E-state index is 5.48. The zero-order valence-electron chi connectivity index (χ0n) is 57.2. The molecule has 2 heterocycles. The van der Waals surface area contributed by atoms with Gasteiger partial charge in [-0.25, -0.2) is 9.97 Å². The van der Waals surface area contributed by atoms with E-state index < -0.39 is 0 Å². The molecule has 480 valence electrons. The molecule has 2 aromatic heterocycles. The topological polar surface area (TPSA) is 45.2 Å². The first-order chi connectivity index (χ1) is 46.0. The van der Waals surface area contributed by atoms with Gasteiger partial charge in [0.2, 0.25) is 0 Å². The largest absolute Gasteiger partial charge is 0.372 e. The van der Waals surface area contributed by atoms with Crippen molar-refractivity contribution in [3.8, 4) is 33.6 Å². The van der Waals surface area contributed by atoms with Crippen molar-refractivity contribution in [2.75, 3.05) is 81.8 Å². The molecule has 0 spiro atoms. The van der Waals surface area contributed by atoms with Gasteiger partial charge in [0, 0.05) is 146 Å². The summed E-state index contributed by atoms with van der Waals surface area (Å²) in [6.45, 7) is 33.4. The van der Waals surface area contributed by atoms with Crippen LogP contribution >= 0.6 is 22.7 Å². The van der Waals surface area contributed by atoms with E-state index in [1.54, 1.807) is 11.3 Å². The van der Waals surface area contributed by atoms with Gasteiger partial charge in [0.25, 0.3) is 0 Å². The van der Waals surface area contributed by atoms with Gasteiger partial charge in [-0.2, -0.15) is 0 Å². The molecule has 0 N–H and O–H groups in total. The molecule has 0 bridgehead atoms. The Morgan fingerprint density at radius 3 is 1.30 bits per heavy atom. The van der Waals surface area contributed by atoms with E-state index in [0.29, 0.717) is 0 Å². The van der Waals surface area contributed by atoms with Crippen molar-refractivity contribution in [2.45, 2.75) is 102 Å². The second-order valence-electron chi connectivity index (χ2n) is 24.3. The second kappa shape index (κ2) is 31.2. The van der Waals surface area contributed by atoms with Crippen LogP contribution in [0.3, 0.4) is 0 Å². The zero-order valence-corrected chi connectivity index (χ0v) is 58.8. The van der Waals surface area contributed by atoms with E-state index in [4.69, 9.17) is 9.97 Å². The lowest BCUT2D eigenvalue weighted by molar-refractivity contribution is 0.821. The summed E-state index contributed by atoms with van der Waals surface area (Å²) in [6.07, 6.45) is 1.56. The van der Waals surface area contributed by atoms with E-state index in [1.807, 2.05) is 11.3 Å². The summed E-state index contributed by atoms with van der Waals surface area (Å²) >= 11 is 3.59. The molecule has 0 aliphatic carbocycles. The van der Waals surface area contributed by atoms with Gasteiger partial charge in [-0.1, -0.05) is 145 Å². The maximum Gasteiger partial charge on any atom is 0.190 e. The molecule has 0 unspecified atom stereocenters. The lowest BCUT2D eigenvalue weighted by Crippen LogP contribution is -2.23. The van der Waals surface area contributed by atoms with Crippen LogP contribution in [-0.2, 0) is 25.9 Å². The van der Waals surface area contributed by atoms with Gasteiger partial charge in [-0.05, 0) is 188 Å². The molecule has 0 aliphatic rings. The van der Waals surface area contributed by atoms with E-state index in [-0.39, 0.29) is 0 Å². The number of rotatable bonds is 29. The predicted molar refractivity (Wildman–Crippen MR) is 407 cm³/mol. The van der Waals surface area contributed by atoms with Gasteiger partial charge in [-0.3, -0.25) is 0 Å². The smallest absolute Gasteiger partial charge is 0.190 e. The number of hydrogen-bond donors (Lipinski definition) is 0. The molecular formula is C84H93N8S2+. The zero-order chi connectivity index (χ0) is 65.7. The van der Waals surface area contributed by atoms with E-state index in [9.17, 15) is 0 Å². The van der Waals surface area contributed by atoms with Crippen molar-refractivity contribution in [3.05, 3.63) is 279 Å². The molecule has 0 aliphatic heterocycles. The maximum atomic E-state index is 5.48. The van der Waals surface area contributed by atoms with Crippen LogP contribution in [0.15, 0.2) is 218 Å². The van der Waals surface area contributed by atoms with Crippen LogP contribution in [0.2, 0.25) is 0 Å². The van der Waals surface area contributed by atoms with Crippen LogP contribution in [0.5, 0.6) is 0 Å². The molecule has 11 aromatic rings. The number of thiazole rings is 2. The van der Waals surface area contributed by atoms with Crippen LogP contribution in [0, 0.1) is 26.7 Å². The Labute approximate surface area is 569 Å². The number of hydrogen-bond acceptors (Lipinski definition) is 10. The standard InChI is InChI=1S/C84H93N8S2/c1-12-87(13-2)70-48-41-63(42-49-70)55-69-47-54-73(56-77(69)74-33-25-26-34-75(74)81-62(11)93-83(85-81)91(18-7)78-35-27-23-29-60(78)9)90(17-6)59-65-39-37-64(38-40-65)58-89(16-5)72-52-45-67(46-53-72)76(66-43-50-71(51-44-66)88(14-3)15-4)57-80-82(68-31-21-20-22-32-68)86-84(94-80)92(19-8)79-36-28-24-30-61(79)10/h20-54,56H,12-19,55,57-59H2,1-11H3/q+1. The highest BCUT2D eigenvalue weighted by Crippen LogP contribution is 2.44. The highest BCUT2D eigenvalue weighted by Gasteiger charge is 2.29. The Kier molecular flexibility index (Phi) is 22.0. The van der Waals surface area contributed by atoms with E-state index in [2.05, 4.69) is 324 Å². The van der Waals surface area contributed by atoms with Gasteiger partial charge < -0.3 is 29.4 Å². The Hall–Kier alpha value is -9.09. The fourth-order valence-corrected chi connectivity index (χ4v) is 15.4. The minimum atomic E-state index is 0.741. The van der Waals surface area contributed by atoms with Gasteiger partial charge in [0.15, 0.2) is 10.3 Å². The quantitative estimate of drug-likeness (QED) is 0.0430. The van der Waals surface area contributed by atoms with Crippen molar-refractivity contribution >= 4 is 67.1 Å². The molecule has 94 heavy (non-hydrogen) atoms. The summed E-state index contributed by atoms with van der Waals surface area (Å²) in [5, 5.41) is 2.04. The third-order valence-electron chi connectivity index (χ3n) is 18.6. The van der Waals surface area contributed by atoms with Crippen molar-refractivity contribution in [1.82, 2.24) is 9.97 Å². The highest BCUT2D eigenvalue weighted by molar-refractivity contribution is 7.16. The van der Waals surface area contributed by atoms with Gasteiger partial charge in [0.1, 0.15) is 0 Å². The van der Waals surface area contributed by atoms with Crippen molar-refractivity contribution in [2.24, 2.45) is 0 Å². The fourth-order valence-electron chi connectivity index (χ4n) is 13.2. The number of anilines is 8. The van der Waals surface area contributed by atoms with E-state index >= 15 is 0 Å². The Bertz CT molecular complexity index is 4200. The summed E-state index contributed by atoms with van der Waals surface area (Å²) < 4.78 is 0. The number of nitrogens with zero attached hydrogens (tertiary/aromatic N) is 8. The summed E-state index contributed by atoms with van der Waals surface area (Å²) in [5.74, 6) is 1.29. The third kappa shape index (κ3) is 14.9. The molecule has 8 nitrogen and oxygen atoms in total. The lowest BCUT2D eigenvalue weighted by atomic mass is 9.87. The van der Waals surface area contributed by atoms with Crippen molar-refractivity contribution in [3.63, 3.8) is 0 Å². The average molecular weight is 1280 g/mol. The molecule has 11 rings (SSSR count). The molecule has 0 radical (unpaired) electrons. The Morgan fingerprint density at radius 1 is 0.362 bits per heavy atom. The van der Waals surface area contributed by atoms with Gasteiger partial charge >= 0.3 is 0 Å². The molecule has 0 amide bonds. The van der Waals surface area contributed by atoms with Gasteiger partial charge in [-0.15, -0.1) is 11.3 Å².